The van der Waals surface area contributed by atoms with Crippen LogP contribution in [-0.2, 0) is 10.0 Å². The second kappa shape index (κ2) is 9.76. The molecule has 1 aliphatic heterocycles. The first kappa shape index (κ1) is 23.5. The number of hydrogen-bond donors (Lipinski definition) is 0. The molecule has 0 radical (unpaired) electrons. The lowest BCUT2D eigenvalue weighted by molar-refractivity contribution is 0.0712. The first-order chi connectivity index (χ1) is 16.4. The van der Waals surface area contributed by atoms with E-state index in [1.165, 1.54) is 15.4 Å². The second-order valence-electron chi connectivity index (χ2n) is 9.43. The van der Waals surface area contributed by atoms with Gasteiger partial charge < -0.3 is 4.90 Å². The number of nitrogens with zero attached hydrogens (tertiary/aromatic N) is 3. The Balaban J connectivity index is 1.27. The third-order valence-corrected chi connectivity index (χ3v) is 10.4. The first-order valence-corrected chi connectivity index (χ1v) is 14.4. The van der Waals surface area contributed by atoms with Gasteiger partial charge in [0.1, 0.15) is 0 Å². The van der Waals surface area contributed by atoms with Gasteiger partial charge in [0, 0.05) is 37.7 Å². The Bertz CT molecular complexity index is 1240. The Morgan fingerprint density at radius 1 is 1.00 bits per heavy atom. The highest BCUT2D eigenvalue weighted by atomic mass is 32.2. The van der Waals surface area contributed by atoms with Crippen molar-refractivity contribution in [2.75, 3.05) is 20.1 Å². The number of benzene rings is 2. The molecule has 2 fully saturated rings. The molecule has 2 aliphatic rings. The van der Waals surface area contributed by atoms with Crippen LogP contribution in [-0.4, -0.2) is 54.7 Å². The van der Waals surface area contributed by atoms with Gasteiger partial charge in [-0.05, 0) is 56.0 Å². The van der Waals surface area contributed by atoms with E-state index >= 15 is 0 Å². The summed E-state index contributed by atoms with van der Waals surface area (Å²) in [6, 6.07) is 14.8. The molecular formula is C26H31N3O3S2. The largest absolute Gasteiger partial charge is 0.339 e. The van der Waals surface area contributed by atoms with Crippen molar-refractivity contribution in [2.24, 2.45) is 0 Å². The zero-order valence-electron chi connectivity index (χ0n) is 19.5. The number of piperidine rings is 1. The number of amides is 1. The molecule has 2 heterocycles. The molecule has 1 saturated carbocycles. The third-order valence-electron chi connectivity index (χ3n) is 7.29. The predicted octanol–water partition coefficient (Wildman–Crippen LogP) is 5.27. The minimum atomic E-state index is -3.63. The Labute approximate surface area is 205 Å². The van der Waals surface area contributed by atoms with Crippen molar-refractivity contribution >= 4 is 37.5 Å². The number of aromatic nitrogens is 1. The summed E-state index contributed by atoms with van der Waals surface area (Å²) in [5, 5.41) is 1.15. The molecule has 8 heteroatoms. The summed E-state index contributed by atoms with van der Waals surface area (Å²) in [5.41, 5.74) is 1.48. The molecule has 1 aromatic heterocycles. The van der Waals surface area contributed by atoms with Gasteiger partial charge in [-0.3, -0.25) is 4.79 Å². The smallest absolute Gasteiger partial charge is 0.253 e. The number of carbonyl (C=O) groups excluding carboxylic acids is 1. The van der Waals surface area contributed by atoms with Crippen molar-refractivity contribution in [1.82, 2.24) is 14.2 Å². The summed E-state index contributed by atoms with van der Waals surface area (Å²) >= 11 is 1.74. The summed E-state index contributed by atoms with van der Waals surface area (Å²) in [4.78, 5) is 20.1. The molecule has 34 heavy (non-hydrogen) atoms. The van der Waals surface area contributed by atoms with E-state index < -0.39 is 10.0 Å². The highest BCUT2D eigenvalue weighted by Crippen LogP contribution is 2.34. The predicted molar refractivity (Wildman–Crippen MR) is 136 cm³/mol. The second-order valence-corrected chi connectivity index (χ2v) is 12.5. The minimum Gasteiger partial charge on any atom is -0.339 e. The van der Waals surface area contributed by atoms with Gasteiger partial charge in [0.15, 0.2) is 0 Å². The van der Waals surface area contributed by atoms with Crippen molar-refractivity contribution in [2.45, 2.75) is 61.8 Å². The fourth-order valence-electron chi connectivity index (χ4n) is 5.17. The molecule has 180 valence electrons. The number of para-hydroxylation sites is 1. The average Bonchev–Trinajstić information content (AvgIpc) is 3.33. The Kier molecular flexibility index (Phi) is 6.73. The number of fused-ring (bicyclic) bond motifs is 1. The maximum Gasteiger partial charge on any atom is 0.253 e. The van der Waals surface area contributed by atoms with Crippen molar-refractivity contribution in [3.8, 4) is 0 Å². The van der Waals surface area contributed by atoms with Crippen molar-refractivity contribution in [1.29, 1.82) is 0 Å². The number of carbonyl (C=O) groups is 1. The van der Waals surface area contributed by atoms with Crippen LogP contribution in [0.1, 0.15) is 66.2 Å². The van der Waals surface area contributed by atoms with Crippen molar-refractivity contribution in [3.63, 3.8) is 0 Å². The van der Waals surface area contributed by atoms with Crippen LogP contribution in [0.15, 0.2) is 53.4 Å². The Morgan fingerprint density at radius 3 is 2.47 bits per heavy atom. The minimum absolute atomic E-state index is 0.0413. The van der Waals surface area contributed by atoms with Gasteiger partial charge >= 0.3 is 0 Å². The van der Waals surface area contributed by atoms with Gasteiger partial charge in [0.05, 0.1) is 20.1 Å². The van der Waals surface area contributed by atoms with Gasteiger partial charge in [0.25, 0.3) is 5.91 Å². The van der Waals surface area contributed by atoms with Crippen LogP contribution in [0.4, 0.5) is 0 Å². The molecule has 0 N–H and O–H groups in total. The van der Waals surface area contributed by atoms with Crippen LogP contribution < -0.4 is 0 Å². The van der Waals surface area contributed by atoms with Crippen LogP contribution in [0, 0.1) is 0 Å². The van der Waals surface area contributed by atoms with E-state index in [2.05, 4.69) is 6.07 Å². The van der Waals surface area contributed by atoms with Crippen molar-refractivity contribution in [3.05, 3.63) is 59.1 Å². The molecule has 5 rings (SSSR count). The van der Waals surface area contributed by atoms with Gasteiger partial charge in [-0.15, -0.1) is 11.3 Å². The number of hydrogen-bond acceptors (Lipinski definition) is 5. The first-order valence-electron chi connectivity index (χ1n) is 12.2. The van der Waals surface area contributed by atoms with E-state index in [9.17, 15) is 13.2 Å². The zero-order valence-corrected chi connectivity index (χ0v) is 21.2. The van der Waals surface area contributed by atoms with Crippen LogP contribution in [0.25, 0.3) is 10.2 Å². The molecule has 6 nitrogen and oxygen atoms in total. The van der Waals surface area contributed by atoms with E-state index in [0.29, 0.717) is 24.6 Å². The highest BCUT2D eigenvalue weighted by Gasteiger charge is 2.31. The fraction of sp³-hybridized carbons (Fsp3) is 0.462. The number of sulfonamides is 1. The normalized spacial score (nSPS) is 18.6. The maximum absolute atomic E-state index is 13.3. The number of rotatable bonds is 5. The summed E-state index contributed by atoms with van der Waals surface area (Å²) in [5.74, 6) is 0.262. The van der Waals surface area contributed by atoms with Gasteiger partial charge in [-0.2, -0.15) is 4.31 Å². The lowest BCUT2D eigenvalue weighted by Crippen LogP contribution is -2.39. The molecule has 0 atom stereocenters. The number of thiazole rings is 1. The topological polar surface area (TPSA) is 70.6 Å². The van der Waals surface area contributed by atoms with Crippen molar-refractivity contribution < 1.29 is 13.2 Å². The molecule has 1 amide bonds. The van der Waals surface area contributed by atoms with E-state index in [-0.39, 0.29) is 16.8 Å². The van der Waals surface area contributed by atoms with Crippen LogP contribution >= 0.6 is 11.3 Å². The molecule has 1 aliphatic carbocycles. The van der Waals surface area contributed by atoms with E-state index in [1.807, 2.05) is 23.1 Å². The lowest BCUT2D eigenvalue weighted by Gasteiger charge is -2.32. The maximum atomic E-state index is 13.3. The number of likely N-dealkylation sites (tertiary alicyclic amines) is 1. The standard InChI is InChI=1S/C26H31N3O3S2/c1-28(21-9-3-2-4-10-21)34(31,32)22-11-7-8-20(18-22)26(30)29-16-14-19(15-17-29)25-27-23-12-5-6-13-24(23)33-25/h5-8,11-13,18-19,21H,2-4,9-10,14-17H2,1H3. The van der Waals surface area contributed by atoms with Crippen LogP contribution in [0.2, 0.25) is 0 Å². The quantitative estimate of drug-likeness (QED) is 0.482. The summed E-state index contributed by atoms with van der Waals surface area (Å²) < 4.78 is 29.2. The summed E-state index contributed by atoms with van der Waals surface area (Å²) in [7, 11) is -1.95. The van der Waals surface area contributed by atoms with E-state index in [0.717, 1.165) is 49.0 Å². The monoisotopic (exact) mass is 497 g/mol. The SMILES string of the molecule is CN(C1CCCCC1)S(=O)(=O)c1cccc(C(=O)N2CCC(c3nc4ccccc4s3)CC2)c1. The molecule has 3 aromatic rings. The van der Waals surface area contributed by atoms with Gasteiger partial charge in [-0.25, -0.2) is 13.4 Å². The third kappa shape index (κ3) is 4.63. The van der Waals surface area contributed by atoms with Crippen LogP contribution in [0.5, 0.6) is 0 Å². The van der Waals surface area contributed by atoms with E-state index in [1.54, 1.807) is 42.6 Å². The molecule has 2 aromatic carbocycles. The lowest BCUT2D eigenvalue weighted by atomic mass is 9.96. The molecule has 1 saturated heterocycles. The van der Waals surface area contributed by atoms with Gasteiger partial charge in [-0.1, -0.05) is 37.5 Å². The Morgan fingerprint density at radius 2 is 1.74 bits per heavy atom. The highest BCUT2D eigenvalue weighted by molar-refractivity contribution is 7.89. The van der Waals surface area contributed by atoms with E-state index in [4.69, 9.17) is 4.98 Å². The molecular weight excluding hydrogens is 466 g/mol. The summed E-state index contributed by atoms with van der Waals surface area (Å²) in [6.07, 6.45) is 6.84. The molecule has 0 unspecified atom stereocenters. The zero-order chi connectivity index (χ0) is 23.7. The Hall–Kier alpha value is -2.29. The van der Waals surface area contributed by atoms with Crippen LogP contribution in [0.3, 0.4) is 0 Å². The average molecular weight is 498 g/mol. The van der Waals surface area contributed by atoms with Gasteiger partial charge in [0.2, 0.25) is 10.0 Å². The summed E-state index contributed by atoms with van der Waals surface area (Å²) in [6.45, 7) is 1.30. The molecule has 0 spiro atoms. The molecule has 0 bridgehead atoms. The fourth-order valence-corrected chi connectivity index (χ4v) is 7.77.